The molecule has 0 radical (unpaired) electrons. The molecule has 1 aliphatic rings. The summed E-state index contributed by atoms with van der Waals surface area (Å²) < 4.78 is 10.8. The summed E-state index contributed by atoms with van der Waals surface area (Å²) in [6.07, 6.45) is 2.08. The Morgan fingerprint density at radius 3 is 3.00 bits per heavy atom. The molecule has 106 valence electrons. The average Bonchev–Trinajstić information content (AvgIpc) is 2.91. The Morgan fingerprint density at radius 1 is 1.45 bits per heavy atom. The van der Waals surface area contributed by atoms with Crippen LogP contribution in [0.2, 0.25) is 0 Å². The van der Waals surface area contributed by atoms with E-state index in [1.807, 2.05) is 0 Å². The Morgan fingerprint density at radius 2 is 2.25 bits per heavy atom. The normalized spacial score (nSPS) is 16.4. The molecule has 5 nitrogen and oxygen atoms in total. The highest BCUT2D eigenvalue weighted by atomic mass is 16.5. The highest BCUT2D eigenvalue weighted by Gasteiger charge is 2.21. The van der Waals surface area contributed by atoms with Gasteiger partial charge in [0.05, 0.1) is 12.2 Å². The van der Waals surface area contributed by atoms with Gasteiger partial charge in [-0.15, -0.1) is 0 Å². The van der Waals surface area contributed by atoms with E-state index in [1.165, 1.54) is 0 Å². The second-order valence-corrected chi connectivity index (χ2v) is 4.98. The van der Waals surface area contributed by atoms with Crippen molar-refractivity contribution in [3.05, 3.63) is 29.7 Å². The maximum absolute atomic E-state index is 11.7. The van der Waals surface area contributed by atoms with Crippen molar-refractivity contribution < 1.29 is 13.9 Å². The zero-order chi connectivity index (χ0) is 13.9. The van der Waals surface area contributed by atoms with Gasteiger partial charge in [0.1, 0.15) is 5.52 Å². The number of hydrogen-bond acceptors (Lipinski definition) is 5. The fraction of sp³-hybridized carbons (Fsp3) is 0.467. The predicted octanol–water partition coefficient (Wildman–Crippen LogP) is 2.47. The number of nitrogens with one attached hydrogen (secondary N) is 1. The molecule has 0 saturated carbocycles. The van der Waals surface area contributed by atoms with E-state index >= 15 is 0 Å². The summed E-state index contributed by atoms with van der Waals surface area (Å²) in [7, 11) is 0. The van der Waals surface area contributed by atoms with Gasteiger partial charge in [-0.1, -0.05) is 0 Å². The molecule has 3 rings (SSSR count). The largest absolute Gasteiger partial charge is 0.462 e. The number of carbonyl (C=O) groups is 1. The van der Waals surface area contributed by atoms with E-state index in [1.54, 1.807) is 25.1 Å². The second-order valence-electron chi connectivity index (χ2n) is 4.98. The lowest BCUT2D eigenvalue weighted by Crippen LogP contribution is -2.26. The summed E-state index contributed by atoms with van der Waals surface area (Å²) in [5, 5.41) is 3.33. The number of piperidine rings is 1. The maximum Gasteiger partial charge on any atom is 0.338 e. The molecule has 0 bridgehead atoms. The van der Waals surface area contributed by atoms with Crippen molar-refractivity contribution in [3.63, 3.8) is 0 Å². The first-order chi connectivity index (χ1) is 9.78. The Bertz CT molecular complexity index is 615. The van der Waals surface area contributed by atoms with Crippen LogP contribution in [-0.2, 0) is 4.74 Å². The van der Waals surface area contributed by atoms with Crippen molar-refractivity contribution in [1.82, 2.24) is 10.3 Å². The Kier molecular flexibility index (Phi) is 3.69. The molecular formula is C15H18N2O3. The summed E-state index contributed by atoms with van der Waals surface area (Å²) in [5.41, 5.74) is 1.97. The number of hydrogen-bond donors (Lipinski definition) is 1. The summed E-state index contributed by atoms with van der Waals surface area (Å²) in [5.74, 6) is 0.831. The van der Waals surface area contributed by atoms with Crippen molar-refractivity contribution in [2.24, 2.45) is 0 Å². The SMILES string of the molecule is CCOC(=O)c1ccc2oc(C3CCNCC3)nc2c1. The number of esters is 1. The molecule has 1 aromatic heterocycles. The minimum Gasteiger partial charge on any atom is -0.462 e. The lowest BCUT2D eigenvalue weighted by molar-refractivity contribution is 0.0526. The Balaban J connectivity index is 1.88. The zero-order valence-corrected chi connectivity index (χ0v) is 11.5. The van der Waals surface area contributed by atoms with Gasteiger partial charge in [-0.05, 0) is 51.1 Å². The first kappa shape index (κ1) is 13.1. The number of benzene rings is 1. The molecule has 1 N–H and O–H groups in total. The number of rotatable bonds is 3. The monoisotopic (exact) mass is 274 g/mol. The van der Waals surface area contributed by atoms with Crippen LogP contribution in [0.1, 0.15) is 41.9 Å². The Labute approximate surface area is 117 Å². The first-order valence-electron chi connectivity index (χ1n) is 7.06. The van der Waals surface area contributed by atoms with Crippen molar-refractivity contribution in [1.29, 1.82) is 0 Å². The molecule has 2 heterocycles. The Hall–Kier alpha value is -1.88. The van der Waals surface area contributed by atoms with Gasteiger partial charge in [-0.3, -0.25) is 0 Å². The van der Waals surface area contributed by atoms with Crippen LogP contribution in [0.15, 0.2) is 22.6 Å². The third-order valence-electron chi connectivity index (χ3n) is 3.60. The quantitative estimate of drug-likeness (QED) is 0.871. The summed E-state index contributed by atoms with van der Waals surface area (Å²) in [4.78, 5) is 16.2. The van der Waals surface area contributed by atoms with E-state index < -0.39 is 0 Å². The molecule has 0 amide bonds. The lowest BCUT2D eigenvalue weighted by atomic mass is 9.98. The van der Waals surface area contributed by atoms with Crippen LogP contribution >= 0.6 is 0 Å². The third kappa shape index (κ3) is 2.54. The van der Waals surface area contributed by atoms with Crippen LogP contribution < -0.4 is 5.32 Å². The van der Waals surface area contributed by atoms with Crippen LogP contribution in [0.4, 0.5) is 0 Å². The smallest absolute Gasteiger partial charge is 0.338 e. The number of aromatic nitrogens is 1. The van der Waals surface area contributed by atoms with Crippen LogP contribution in [0.5, 0.6) is 0 Å². The number of fused-ring (bicyclic) bond motifs is 1. The van der Waals surface area contributed by atoms with Gasteiger partial charge in [0.15, 0.2) is 11.5 Å². The molecule has 0 spiro atoms. The number of nitrogens with zero attached hydrogens (tertiary/aromatic N) is 1. The lowest BCUT2D eigenvalue weighted by Gasteiger charge is -2.19. The van der Waals surface area contributed by atoms with Crippen LogP contribution in [-0.4, -0.2) is 30.6 Å². The second kappa shape index (κ2) is 5.63. The molecule has 1 aromatic carbocycles. The van der Waals surface area contributed by atoms with Crippen molar-refractivity contribution in [2.75, 3.05) is 19.7 Å². The van der Waals surface area contributed by atoms with Gasteiger partial charge < -0.3 is 14.5 Å². The minimum absolute atomic E-state index is 0.319. The molecule has 2 aromatic rings. The standard InChI is InChI=1S/C15H18N2O3/c1-2-19-15(18)11-3-4-13-12(9-11)17-14(20-13)10-5-7-16-8-6-10/h3-4,9-10,16H,2,5-8H2,1H3. The average molecular weight is 274 g/mol. The van der Waals surface area contributed by atoms with Crippen LogP contribution in [0.25, 0.3) is 11.1 Å². The molecule has 20 heavy (non-hydrogen) atoms. The van der Waals surface area contributed by atoms with Gasteiger partial charge in [-0.25, -0.2) is 9.78 Å². The van der Waals surface area contributed by atoms with Gasteiger partial charge in [-0.2, -0.15) is 0 Å². The summed E-state index contributed by atoms with van der Waals surface area (Å²) in [6.45, 7) is 4.16. The highest BCUT2D eigenvalue weighted by molar-refractivity contribution is 5.93. The minimum atomic E-state index is -0.319. The molecule has 5 heteroatoms. The molecular weight excluding hydrogens is 256 g/mol. The highest BCUT2D eigenvalue weighted by Crippen LogP contribution is 2.28. The van der Waals surface area contributed by atoms with Crippen molar-refractivity contribution in [3.8, 4) is 0 Å². The topological polar surface area (TPSA) is 64.4 Å². The fourth-order valence-electron chi connectivity index (χ4n) is 2.53. The van der Waals surface area contributed by atoms with E-state index in [4.69, 9.17) is 9.15 Å². The predicted molar refractivity (Wildman–Crippen MR) is 74.8 cm³/mol. The maximum atomic E-state index is 11.7. The van der Waals surface area contributed by atoms with E-state index in [0.29, 0.717) is 18.1 Å². The molecule has 1 saturated heterocycles. The molecule has 0 unspecified atom stereocenters. The van der Waals surface area contributed by atoms with E-state index in [-0.39, 0.29) is 5.97 Å². The summed E-state index contributed by atoms with van der Waals surface area (Å²) in [6, 6.07) is 5.25. The van der Waals surface area contributed by atoms with Crippen molar-refractivity contribution >= 4 is 17.1 Å². The molecule has 0 atom stereocenters. The van der Waals surface area contributed by atoms with E-state index in [0.717, 1.165) is 42.9 Å². The molecule has 0 aliphatic carbocycles. The fourth-order valence-corrected chi connectivity index (χ4v) is 2.53. The molecule has 1 fully saturated rings. The van der Waals surface area contributed by atoms with Gasteiger partial charge >= 0.3 is 5.97 Å². The molecule has 1 aliphatic heterocycles. The van der Waals surface area contributed by atoms with Gasteiger partial charge in [0.25, 0.3) is 0 Å². The number of carbonyl (C=O) groups excluding carboxylic acids is 1. The first-order valence-corrected chi connectivity index (χ1v) is 7.06. The van der Waals surface area contributed by atoms with Crippen molar-refractivity contribution in [2.45, 2.75) is 25.7 Å². The number of ether oxygens (including phenoxy) is 1. The van der Waals surface area contributed by atoms with E-state index in [2.05, 4.69) is 10.3 Å². The number of oxazole rings is 1. The van der Waals surface area contributed by atoms with E-state index in [9.17, 15) is 4.79 Å². The summed E-state index contributed by atoms with van der Waals surface area (Å²) >= 11 is 0. The third-order valence-corrected chi connectivity index (χ3v) is 3.60. The van der Waals surface area contributed by atoms with Gasteiger partial charge in [0, 0.05) is 5.92 Å². The van der Waals surface area contributed by atoms with Crippen LogP contribution in [0.3, 0.4) is 0 Å². The van der Waals surface area contributed by atoms with Gasteiger partial charge in [0.2, 0.25) is 0 Å². The zero-order valence-electron chi connectivity index (χ0n) is 11.5. The van der Waals surface area contributed by atoms with Crippen LogP contribution in [0, 0.1) is 0 Å².